The third-order valence-electron chi connectivity index (χ3n) is 8.87. The number of halogens is 1. The number of carbonyl (C=O) groups excluding carboxylic acids is 2. The molecule has 10 nitrogen and oxygen atoms in total. The van der Waals surface area contributed by atoms with Crippen molar-refractivity contribution < 1.29 is 33.6 Å². The van der Waals surface area contributed by atoms with E-state index in [4.69, 9.17) is 29.8 Å². The Bertz CT molecular complexity index is 2200. The quantitative estimate of drug-likeness (QED) is 0.0746. The van der Waals surface area contributed by atoms with Gasteiger partial charge in [0, 0.05) is 18.4 Å². The van der Waals surface area contributed by atoms with Crippen molar-refractivity contribution in [2.24, 2.45) is 5.73 Å². The Labute approximate surface area is 401 Å². The number of nitrogens with two attached hydrogens (primary N) is 1. The van der Waals surface area contributed by atoms with Gasteiger partial charge in [0.1, 0.15) is 41.7 Å². The Balaban J connectivity index is 0.000000246. The zero-order valence-corrected chi connectivity index (χ0v) is 40.9. The first kappa shape index (κ1) is 54.0. The molecule has 0 saturated carbocycles. The molecule has 0 unspecified atom stereocenters. The number of alkyl halides is 1. The molecule has 6 rings (SSSR count). The number of benzene rings is 6. The molecule has 0 saturated heterocycles. The number of amides is 2. The van der Waals surface area contributed by atoms with Crippen LogP contribution in [0.15, 0.2) is 164 Å². The first-order valence-corrected chi connectivity index (χ1v) is 23.3. The summed E-state index contributed by atoms with van der Waals surface area (Å²) in [6.45, 7) is 13.9. The van der Waals surface area contributed by atoms with Gasteiger partial charge in [-0.05, 0) is 137 Å². The lowest BCUT2D eigenvalue weighted by Crippen LogP contribution is -2.33. The number of hydrogen-bond donors (Lipinski definition) is 4. The highest BCUT2D eigenvalue weighted by atomic mass is 79.9. The maximum Gasteiger partial charge on any atom is 0.407 e. The lowest BCUT2D eigenvalue weighted by molar-refractivity contribution is 0.0517. The van der Waals surface area contributed by atoms with Gasteiger partial charge < -0.3 is 40.4 Å². The van der Waals surface area contributed by atoms with Gasteiger partial charge >= 0.3 is 12.2 Å². The number of phenolic OH excluding ortho intramolecular Hbond substituents is 1. The van der Waals surface area contributed by atoms with Gasteiger partial charge in [0.2, 0.25) is 0 Å². The summed E-state index contributed by atoms with van der Waals surface area (Å²) < 4.78 is 21.8. The molecule has 0 atom stereocenters. The van der Waals surface area contributed by atoms with Crippen LogP contribution in [0.2, 0.25) is 0 Å². The third kappa shape index (κ3) is 25.9. The second kappa shape index (κ2) is 30.0. The first-order chi connectivity index (χ1) is 31.6. The molecule has 66 heavy (non-hydrogen) atoms. The SMILES string of the molecule is BrCc1ccccc1.CC(C)(C)OC(=O)NCCc1ccc(O)cc1.CC(C)(C)OC(=O)NCCc1ccc(OCc2ccccc2)cc1.NCCc1ccc(OCc2ccccc2)cc1. The summed E-state index contributed by atoms with van der Waals surface area (Å²) >= 11 is 3.36. The van der Waals surface area contributed by atoms with Gasteiger partial charge in [-0.3, -0.25) is 0 Å². The van der Waals surface area contributed by atoms with E-state index in [1.807, 2.05) is 157 Å². The number of rotatable bonds is 15. The molecular weight excluding hydrogens is 895 g/mol. The summed E-state index contributed by atoms with van der Waals surface area (Å²) in [5, 5.41) is 15.5. The van der Waals surface area contributed by atoms with Crippen LogP contribution in [0, 0.1) is 0 Å². The van der Waals surface area contributed by atoms with Gasteiger partial charge in [0.25, 0.3) is 0 Å². The highest BCUT2D eigenvalue weighted by Crippen LogP contribution is 2.16. The van der Waals surface area contributed by atoms with Crippen molar-refractivity contribution in [2.75, 3.05) is 19.6 Å². The van der Waals surface area contributed by atoms with E-state index in [9.17, 15) is 9.59 Å². The fraction of sp³-hybridized carbons (Fsp3) is 0.309. The third-order valence-corrected chi connectivity index (χ3v) is 9.52. The summed E-state index contributed by atoms with van der Waals surface area (Å²) in [4.78, 5) is 22.9. The number of phenols is 1. The number of ether oxygens (including phenoxy) is 4. The Kier molecular flexibility index (Phi) is 24.6. The highest BCUT2D eigenvalue weighted by molar-refractivity contribution is 9.08. The van der Waals surface area contributed by atoms with Gasteiger partial charge in [-0.1, -0.05) is 143 Å². The van der Waals surface area contributed by atoms with Crippen molar-refractivity contribution >= 4 is 28.1 Å². The number of hydrogen-bond acceptors (Lipinski definition) is 8. The lowest BCUT2D eigenvalue weighted by atomic mass is 10.1. The minimum Gasteiger partial charge on any atom is -0.508 e. The monoisotopic (exact) mass is 961 g/mol. The average molecular weight is 963 g/mol. The predicted molar refractivity (Wildman–Crippen MR) is 270 cm³/mol. The molecule has 2 amide bonds. The molecule has 6 aromatic rings. The van der Waals surface area contributed by atoms with E-state index in [0.29, 0.717) is 39.3 Å². The van der Waals surface area contributed by atoms with Crippen LogP contribution in [0.5, 0.6) is 17.2 Å². The molecule has 0 fully saturated rings. The summed E-state index contributed by atoms with van der Waals surface area (Å²) in [5.41, 5.74) is 11.7. The second-order valence-electron chi connectivity index (χ2n) is 17.0. The van der Waals surface area contributed by atoms with E-state index in [-0.39, 0.29) is 11.8 Å². The van der Waals surface area contributed by atoms with Crippen molar-refractivity contribution in [1.29, 1.82) is 0 Å². The van der Waals surface area contributed by atoms with Crippen molar-refractivity contribution in [3.63, 3.8) is 0 Å². The van der Waals surface area contributed by atoms with Crippen LogP contribution in [-0.2, 0) is 47.3 Å². The van der Waals surface area contributed by atoms with Crippen LogP contribution in [0.1, 0.15) is 74.9 Å². The van der Waals surface area contributed by atoms with E-state index < -0.39 is 17.3 Å². The standard InChI is InChI=1S/C20H25NO3.C15H17NO.C13H19NO3.C7H7Br/c1-20(2,3)24-19(22)21-14-13-16-9-11-18(12-10-16)23-15-17-7-5-4-6-8-17;16-11-10-13-6-8-15(9-7-13)17-12-14-4-2-1-3-5-14;1-13(2,3)17-12(16)14-9-8-10-4-6-11(15)7-5-10;8-6-7-4-2-1-3-5-7/h4-12H,13-15H2,1-3H3,(H,21,22);1-9H,10-12,16H2;4-7,15H,8-9H2,1-3H3,(H,14,16);1-5H,6H2. The molecule has 0 radical (unpaired) electrons. The zero-order chi connectivity index (χ0) is 48.0. The smallest absolute Gasteiger partial charge is 0.407 e. The average Bonchev–Trinajstić information content (AvgIpc) is 3.30. The van der Waals surface area contributed by atoms with E-state index in [0.717, 1.165) is 46.4 Å². The predicted octanol–water partition coefficient (Wildman–Crippen LogP) is 12.1. The minimum absolute atomic E-state index is 0.244. The van der Waals surface area contributed by atoms with E-state index in [2.05, 4.69) is 63.0 Å². The molecule has 5 N–H and O–H groups in total. The molecule has 352 valence electrons. The number of nitrogens with one attached hydrogen (secondary N) is 2. The lowest BCUT2D eigenvalue weighted by Gasteiger charge is -2.19. The summed E-state index contributed by atoms with van der Waals surface area (Å²) in [5.74, 6) is 1.98. The first-order valence-electron chi connectivity index (χ1n) is 22.1. The van der Waals surface area contributed by atoms with Gasteiger partial charge in [-0.2, -0.15) is 0 Å². The number of alkyl carbamates (subject to hydrolysis) is 2. The van der Waals surface area contributed by atoms with Crippen LogP contribution in [-0.4, -0.2) is 48.1 Å². The van der Waals surface area contributed by atoms with Gasteiger partial charge in [0.15, 0.2) is 0 Å². The van der Waals surface area contributed by atoms with Crippen LogP contribution in [0.4, 0.5) is 9.59 Å². The van der Waals surface area contributed by atoms with Crippen LogP contribution in [0.25, 0.3) is 0 Å². The van der Waals surface area contributed by atoms with Gasteiger partial charge in [-0.25, -0.2) is 9.59 Å². The Hall–Kier alpha value is -6.30. The topological polar surface area (TPSA) is 141 Å². The summed E-state index contributed by atoms with van der Waals surface area (Å²) in [7, 11) is 0. The molecule has 0 aliphatic carbocycles. The molecule has 0 heterocycles. The molecular formula is C55H68BrN3O7. The fourth-order valence-electron chi connectivity index (χ4n) is 5.63. The van der Waals surface area contributed by atoms with Crippen molar-refractivity contribution in [2.45, 2.75) is 90.6 Å². The number of aromatic hydroxyl groups is 1. The Morgan fingerprint density at radius 3 is 1.14 bits per heavy atom. The summed E-state index contributed by atoms with van der Waals surface area (Å²) in [6.07, 6.45) is 1.58. The van der Waals surface area contributed by atoms with E-state index in [1.165, 1.54) is 16.7 Å². The van der Waals surface area contributed by atoms with Crippen molar-refractivity contribution in [1.82, 2.24) is 10.6 Å². The van der Waals surface area contributed by atoms with Gasteiger partial charge in [-0.15, -0.1) is 0 Å². The van der Waals surface area contributed by atoms with Crippen LogP contribution >= 0.6 is 15.9 Å². The van der Waals surface area contributed by atoms with Crippen molar-refractivity contribution in [3.05, 3.63) is 197 Å². The minimum atomic E-state index is -0.470. The van der Waals surface area contributed by atoms with E-state index in [1.54, 1.807) is 12.1 Å². The molecule has 0 spiro atoms. The molecule has 11 heteroatoms. The molecule has 0 aliphatic heterocycles. The zero-order valence-electron chi connectivity index (χ0n) is 39.3. The summed E-state index contributed by atoms with van der Waals surface area (Å²) in [6, 6.07) is 53.4. The van der Waals surface area contributed by atoms with Gasteiger partial charge in [0.05, 0.1) is 0 Å². The Morgan fingerprint density at radius 2 is 0.818 bits per heavy atom. The maximum atomic E-state index is 11.6. The molecule has 0 bridgehead atoms. The van der Waals surface area contributed by atoms with Crippen molar-refractivity contribution in [3.8, 4) is 17.2 Å². The number of carbonyl (C=O) groups is 2. The maximum absolute atomic E-state index is 11.6. The molecule has 0 aliphatic rings. The molecule has 6 aromatic carbocycles. The largest absolute Gasteiger partial charge is 0.508 e. The Morgan fingerprint density at radius 1 is 0.485 bits per heavy atom. The fourth-order valence-corrected chi connectivity index (χ4v) is 6.00. The highest BCUT2D eigenvalue weighted by Gasteiger charge is 2.16. The van der Waals surface area contributed by atoms with Crippen LogP contribution in [0.3, 0.4) is 0 Å². The molecule has 0 aromatic heterocycles. The second-order valence-corrected chi connectivity index (χ2v) is 17.6. The van der Waals surface area contributed by atoms with Crippen LogP contribution < -0.4 is 25.8 Å². The van der Waals surface area contributed by atoms with E-state index >= 15 is 0 Å². The normalized spacial score (nSPS) is 10.5.